The van der Waals surface area contributed by atoms with Gasteiger partial charge in [-0.15, -0.1) is 0 Å². The van der Waals surface area contributed by atoms with Gasteiger partial charge >= 0.3 is 6.18 Å². The SMILES string of the molecule is CCCCC1=C(/C=C/c2ccc(N(CCCC)CCCC)cc2OC)CC(C)(C)C/C1=C\C=C\C1=C(C#N)C(=C(C#N)C#N)OC1(c1ccccc1)C(F)(F)F. The van der Waals surface area contributed by atoms with Gasteiger partial charge in [-0.25, -0.2) is 0 Å². The Labute approximate surface area is 331 Å². The van der Waals surface area contributed by atoms with Crippen LogP contribution in [-0.2, 0) is 10.3 Å². The van der Waals surface area contributed by atoms with Crippen molar-refractivity contribution in [1.29, 1.82) is 15.8 Å². The van der Waals surface area contributed by atoms with E-state index in [0.717, 1.165) is 98.2 Å². The molecule has 0 spiro atoms. The second-order valence-electron chi connectivity index (χ2n) is 15.1. The zero-order valence-corrected chi connectivity index (χ0v) is 33.5. The fraction of sp³-hybridized carbons (Fsp3) is 0.426. The monoisotopic (exact) mass is 762 g/mol. The summed E-state index contributed by atoms with van der Waals surface area (Å²) in [6, 6.07) is 18.4. The minimum atomic E-state index is -5.05. The molecule has 0 fully saturated rings. The number of benzene rings is 2. The number of hydrogen-bond donors (Lipinski definition) is 0. The highest BCUT2D eigenvalue weighted by molar-refractivity contribution is 5.67. The molecule has 2 aromatic rings. The van der Waals surface area contributed by atoms with Crippen LogP contribution in [0.5, 0.6) is 5.75 Å². The van der Waals surface area contributed by atoms with E-state index in [2.05, 4.69) is 69.9 Å². The molecule has 0 bridgehead atoms. The number of halogens is 3. The summed E-state index contributed by atoms with van der Waals surface area (Å²) in [6.07, 6.45) is 12.5. The van der Waals surface area contributed by atoms with Gasteiger partial charge in [-0.3, -0.25) is 0 Å². The van der Waals surface area contributed by atoms with E-state index in [0.29, 0.717) is 6.42 Å². The molecule has 4 rings (SSSR count). The maximum atomic E-state index is 15.3. The van der Waals surface area contributed by atoms with Crippen LogP contribution in [0.3, 0.4) is 0 Å². The van der Waals surface area contributed by atoms with Gasteiger partial charge in [0.25, 0.3) is 5.60 Å². The first-order chi connectivity index (χ1) is 26.8. The molecular formula is C47H53F3N4O2. The lowest BCUT2D eigenvalue weighted by molar-refractivity contribution is -0.249. The average Bonchev–Trinajstić information content (AvgIpc) is 3.52. The van der Waals surface area contributed by atoms with Gasteiger partial charge in [-0.1, -0.05) is 115 Å². The first kappa shape index (κ1) is 43.3. The molecule has 1 heterocycles. The Balaban J connectivity index is 1.85. The number of nitriles is 3. The maximum absolute atomic E-state index is 15.3. The van der Waals surface area contributed by atoms with Crippen LogP contribution in [0.2, 0.25) is 0 Å². The van der Waals surface area contributed by atoms with Gasteiger partial charge in [0, 0.05) is 41.5 Å². The van der Waals surface area contributed by atoms with Crippen LogP contribution < -0.4 is 9.64 Å². The largest absolute Gasteiger partial charge is 0.496 e. The van der Waals surface area contributed by atoms with E-state index in [1.165, 1.54) is 36.4 Å². The van der Waals surface area contributed by atoms with Gasteiger partial charge in [0.05, 0.1) is 7.11 Å². The molecule has 0 N–H and O–H groups in total. The van der Waals surface area contributed by atoms with Crippen LogP contribution in [0.15, 0.2) is 112 Å². The molecule has 1 aliphatic carbocycles. The molecule has 0 radical (unpaired) electrons. The topological polar surface area (TPSA) is 93.1 Å². The van der Waals surface area contributed by atoms with Crippen LogP contribution in [0.1, 0.15) is 104 Å². The molecule has 0 aromatic heterocycles. The molecule has 0 saturated heterocycles. The Bertz CT molecular complexity index is 2010. The van der Waals surface area contributed by atoms with Crippen molar-refractivity contribution >= 4 is 11.8 Å². The summed E-state index contributed by atoms with van der Waals surface area (Å²) >= 11 is 0. The number of ether oxygens (including phenoxy) is 2. The summed E-state index contributed by atoms with van der Waals surface area (Å²) in [5.41, 5.74) is 0.157. The van der Waals surface area contributed by atoms with Crippen molar-refractivity contribution in [3.05, 3.63) is 123 Å². The molecule has 0 amide bonds. The van der Waals surface area contributed by atoms with Crippen molar-refractivity contribution in [2.24, 2.45) is 5.41 Å². The fourth-order valence-corrected chi connectivity index (χ4v) is 7.49. The summed E-state index contributed by atoms with van der Waals surface area (Å²) in [5, 5.41) is 29.4. The van der Waals surface area contributed by atoms with Crippen molar-refractivity contribution in [3.63, 3.8) is 0 Å². The fourth-order valence-electron chi connectivity index (χ4n) is 7.49. The van der Waals surface area contributed by atoms with Gasteiger partial charge in [0.15, 0.2) is 11.3 Å². The number of anilines is 1. The quantitative estimate of drug-likeness (QED) is 0.158. The molecular weight excluding hydrogens is 710 g/mol. The zero-order valence-electron chi connectivity index (χ0n) is 33.5. The van der Waals surface area contributed by atoms with Crippen LogP contribution in [0.25, 0.3) is 6.08 Å². The first-order valence-corrected chi connectivity index (χ1v) is 19.6. The van der Waals surface area contributed by atoms with Crippen molar-refractivity contribution in [3.8, 4) is 24.0 Å². The summed E-state index contributed by atoms with van der Waals surface area (Å²) in [4.78, 5) is 2.43. The predicted octanol–water partition coefficient (Wildman–Crippen LogP) is 12.5. The summed E-state index contributed by atoms with van der Waals surface area (Å²) in [5.74, 6) is 0.108. The summed E-state index contributed by atoms with van der Waals surface area (Å²) < 4.78 is 57.5. The summed E-state index contributed by atoms with van der Waals surface area (Å²) in [6.45, 7) is 12.9. The van der Waals surface area contributed by atoms with Crippen molar-refractivity contribution in [2.45, 2.75) is 104 Å². The minimum absolute atomic E-state index is 0.153. The Morgan fingerprint density at radius 3 is 2.12 bits per heavy atom. The molecule has 1 atom stereocenters. The molecule has 2 aliphatic rings. The second kappa shape index (κ2) is 19.4. The van der Waals surface area contributed by atoms with Crippen LogP contribution >= 0.6 is 0 Å². The third-order valence-corrected chi connectivity index (χ3v) is 10.3. The average molecular weight is 763 g/mol. The van der Waals surface area contributed by atoms with Gasteiger partial charge in [0.1, 0.15) is 29.5 Å². The van der Waals surface area contributed by atoms with Gasteiger partial charge < -0.3 is 14.4 Å². The highest BCUT2D eigenvalue weighted by Gasteiger charge is 2.65. The lowest BCUT2D eigenvalue weighted by Gasteiger charge is -2.35. The van der Waals surface area contributed by atoms with Crippen molar-refractivity contribution in [2.75, 3.05) is 25.1 Å². The lowest BCUT2D eigenvalue weighted by Crippen LogP contribution is -2.43. The smallest absolute Gasteiger partial charge is 0.437 e. The van der Waals surface area contributed by atoms with Gasteiger partial charge in [0.2, 0.25) is 0 Å². The standard InChI is InChI=1S/C47H53F3N4O2/c1-7-10-20-40-35(17-16-21-42-41(33-53)44(37(31-51)32-52)56-46(42,47(48,49)50)38-18-14-13-15-19-38)29-45(4,5)30-36(40)23-22-34-24-25-39(28-43(34)55-6)54(26-11-8-2)27-12-9-3/h13-19,21-25,28H,7-12,20,26-27,29-30H2,1-6H3/b21-16+,23-22+,35-17+. The van der Waals surface area contributed by atoms with Crippen LogP contribution in [0.4, 0.5) is 18.9 Å². The van der Waals surface area contributed by atoms with E-state index in [1.54, 1.807) is 25.3 Å². The Hall–Kier alpha value is -5.46. The van der Waals surface area contributed by atoms with E-state index in [-0.39, 0.29) is 11.0 Å². The highest BCUT2D eigenvalue weighted by atomic mass is 19.4. The maximum Gasteiger partial charge on any atom is 0.437 e. The Morgan fingerprint density at radius 2 is 1.55 bits per heavy atom. The van der Waals surface area contributed by atoms with Crippen LogP contribution in [0, 0.1) is 39.4 Å². The van der Waals surface area contributed by atoms with E-state index < -0.39 is 34.3 Å². The first-order valence-electron chi connectivity index (χ1n) is 19.6. The van der Waals surface area contributed by atoms with Crippen LogP contribution in [-0.4, -0.2) is 26.4 Å². The second-order valence-corrected chi connectivity index (χ2v) is 15.1. The minimum Gasteiger partial charge on any atom is -0.496 e. The number of hydrogen-bond acceptors (Lipinski definition) is 6. The molecule has 1 unspecified atom stereocenters. The Kier molecular flexibility index (Phi) is 15.0. The molecule has 1 aliphatic heterocycles. The van der Waals surface area contributed by atoms with E-state index in [1.807, 2.05) is 12.1 Å². The molecule has 56 heavy (non-hydrogen) atoms. The zero-order chi connectivity index (χ0) is 40.9. The highest BCUT2D eigenvalue weighted by Crippen LogP contribution is 2.56. The third-order valence-electron chi connectivity index (χ3n) is 10.3. The summed E-state index contributed by atoms with van der Waals surface area (Å²) in [7, 11) is 1.69. The Morgan fingerprint density at radius 1 is 0.893 bits per heavy atom. The number of methoxy groups -OCH3 is 1. The van der Waals surface area contributed by atoms with E-state index in [4.69, 9.17) is 9.47 Å². The number of allylic oxidation sites excluding steroid dienone is 8. The molecule has 294 valence electrons. The normalized spacial score (nSPS) is 19.0. The molecule has 6 nitrogen and oxygen atoms in total. The van der Waals surface area contributed by atoms with Crippen molar-refractivity contribution < 1.29 is 22.6 Å². The number of rotatable bonds is 16. The molecule has 2 aromatic carbocycles. The van der Waals surface area contributed by atoms with Gasteiger partial charge in [-0.2, -0.15) is 29.0 Å². The van der Waals surface area contributed by atoms with Gasteiger partial charge in [-0.05, 0) is 72.8 Å². The van der Waals surface area contributed by atoms with E-state index >= 15 is 13.2 Å². The molecule has 9 heteroatoms. The number of unbranched alkanes of at least 4 members (excludes halogenated alkanes) is 3. The predicted molar refractivity (Wildman–Crippen MR) is 217 cm³/mol. The van der Waals surface area contributed by atoms with Crippen molar-refractivity contribution in [1.82, 2.24) is 0 Å². The third kappa shape index (κ3) is 9.66. The molecule has 0 saturated carbocycles. The number of alkyl halides is 3. The number of nitrogens with zero attached hydrogens (tertiary/aromatic N) is 4. The lowest BCUT2D eigenvalue weighted by atomic mass is 9.70. The van der Waals surface area contributed by atoms with E-state index in [9.17, 15) is 15.8 Å².